The van der Waals surface area contributed by atoms with Crippen molar-refractivity contribution in [3.63, 3.8) is 0 Å². The van der Waals surface area contributed by atoms with Crippen molar-refractivity contribution >= 4 is 5.78 Å². The molecule has 1 aromatic rings. The van der Waals surface area contributed by atoms with Crippen LogP contribution >= 0.6 is 0 Å². The van der Waals surface area contributed by atoms with E-state index in [9.17, 15) is 4.79 Å². The number of Topliss-reactive ketones (excluding diaryl/α,β-unsaturated/α-hetero) is 1. The molecule has 1 heterocycles. The SMILES string of the molecule is Cc1ccoc1C(=O)C(C)C(C)C. The van der Waals surface area contributed by atoms with Crippen LogP contribution < -0.4 is 0 Å². The highest BCUT2D eigenvalue weighted by Gasteiger charge is 2.22. The molecule has 0 spiro atoms. The van der Waals surface area contributed by atoms with Gasteiger partial charge in [-0.05, 0) is 24.5 Å². The molecule has 0 saturated heterocycles. The first-order valence-electron chi connectivity index (χ1n) is 4.62. The van der Waals surface area contributed by atoms with E-state index in [1.807, 2.05) is 33.8 Å². The largest absolute Gasteiger partial charge is 0.461 e. The molecule has 0 amide bonds. The van der Waals surface area contributed by atoms with Crippen LogP contribution in [-0.4, -0.2) is 5.78 Å². The molecule has 0 radical (unpaired) electrons. The van der Waals surface area contributed by atoms with Crippen LogP contribution in [0.5, 0.6) is 0 Å². The Morgan fingerprint density at radius 1 is 1.38 bits per heavy atom. The fourth-order valence-corrected chi connectivity index (χ4v) is 1.13. The molecule has 0 N–H and O–H groups in total. The van der Waals surface area contributed by atoms with Crippen LogP contribution in [-0.2, 0) is 0 Å². The Bertz CT molecular complexity index is 297. The summed E-state index contributed by atoms with van der Waals surface area (Å²) in [5, 5.41) is 0. The Balaban J connectivity index is 2.86. The molecule has 0 aliphatic carbocycles. The average Bonchev–Trinajstić information content (AvgIpc) is 2.48. The highest BCUT2D eigenvalue weighted by atomic mass is 16.3. The molecule has 1 unspecified atom stereocenters. The van der Waals surface area contributed by atoms with Crippen molar-refractivity contribution in [2.75, 3.05) is 0 Å². The highest BCUT2D eigenvalue weighted by molar-refractivity contribution is 5.96. The average molecular weight is 180 g/mol. The zero-order valence-corrected chi connectivity index (χ0v) is 8.63. The van der Waals surface area contributed by atoms with E-state index in [2.05, 4.69) is 0 Å². The van der Waals surface area contributed by atoms with E-state index in [-0.39, 0.29) is 11.7 Å². The molecule has 1 atom stereocenters. The molecular weight excluding hydrogens is 164 g/mol. The number of carbonyl (C=O) groups excluding carboxylic acids is 1. The van der Waals surface area contributed by atoms with Gasteiger partial charge in [0.25, 0.3) is 0 Å². The molecule has 0 bridgehead atoms. The summed E-state index contributed by atoms with van der Waals surface area (Å²) in [6.07, 6.45) is 1.57. The summed E-state index contributed by atoms with van der Waals surface area (Å²) >= 11 is 0. The minimum atomic E-state index is 0.0323. The fourth-order valence-electron chi connectivity index (χ4n) is 1.13. The molecule has 1 aromatic heterocycles. The van der Waals surface area contributed by atoms with Gasteiger partial charge in [-0.3, -0.25) is 4.79 Å². The Kier molecular flexibility index (Phi) is 2.91. The smallest absolute Gasteiger partial charge is 0.201 e. The summed E-state index contributed by atoms with van der Waals surface area (Å²) in [5.41, 5.74) is 0.928. The summed E-state index contributed by atoms with van der Waals surface area (Å²) in [7, 11) is 0. The zero-order chi connectivity index (χ0) is 10.0. The molecule has 0 saturated carbocycles. The Labute approximate surface area is 78.9 Å². The van der Waals surface area contributed by atoms with Gasteiger partial charge in [-0.1, -0.05) is 20.8 Å². The molecule has 0 aliphatic heterocycles. The second kappa shape index (κ2) is 3.77. The second-order valence-corrected chi connectivity index (χ2v) is 3.83. The predicted molar refractivity (Wildman–Crippen MR) is 51.8 cm³/mol. The molecular formula is C11H16O2. The maximum atomic E-state index is 11.8. The first-order valence-corrected chi connectivity index (χ1v) is 4.62. The van der Waals surface area contributed by atoms with Gasteiger partial charge in [-0.2, -0.15) is 0 Å². The van der Waals surface area contributed by atoms with Crippen molar-refractivity contribution in [1.82, 2.24) is 0 Å². The molecule has 0 aromatic carbocycles. The maximum absolute atomic E-state index is 11.8. The summed E-state index contributed by atoms with van der Waals surface area (Å²) in [4.78, 5) is 11.8. The normalized spacial score (nSPS) is 13.3. The number of hydrogen-bond acceptors (Lipinski definition) is 2. The van der Waals surface area contributed by atoms with Gasteiger partial charge in [-0.15, -0.1) is 0 Å². The van der Waals surface area contributed by atoms with Crippen molar-refractivity contribution in [2.24, 2.45) is 11.8 Å². The molecule has 1 rings (SSSR count). The number of rotatable bonds is 3. The van der Waals surface area contributed by atoms with Gasteiger partial charge in [0, 0.05) is 5.92 Å². The number of hydrogen-bond donors (Lipinski definition) is 0. The van der Waals surface area contributed by atoms with Crippen molar-refractivity contribution in [3.05, 3.63) is 23.7 Å². The Morgan fingerprint density at radius 2 is 2.00 bits per heavy atom. The lowest BCUT2D eigenvalue weighted by Gasteiger charge is -2.12. The summed E-state index contributed by atoms with van der Waals surface area (Å²) in [6.45, 7) is 7.92. The quantitative estimate of drug-likeness (QED) is 0.669. The first kappa shape index (κ1) is 10.0. The minimum absolute atomic E-state index is 0.0323. The van der Waals surface area contributed by atoms with Crippen LogP contribution in [0, 0.1) is 18.8 Å². The third-order valence-electron chi connectivity index (χ3n) is 2.50. The number of aryl methyl sites for hydroxylation is 1. The van der Waals surface area contributed by atoms with Crippen molar-refractivity contribution < 1.29 is 9.21 Å². The van der Waals surface area contributed by atoms with E-state index in [4.69, 9.17) is 4.42 Å². The lowest BCUT2D eigenvalue weighted by molar-refractivity contribution is 0.0870. The van der Waals surface area contributed by atoms with E-state index in [0.717, 1.165) is 5.56 Å². The van der Waals surface area contributed by atoms with E-state index in [1.165, 1.54) is 0 Å². The van der Waals surface area contributed by atoms with E-state index in [0.29, 0.717) is 11.7 Å². The Morgan fingerprint density at radius 3 is 2.38 bits per heavy atom. The number of furan rings is 1. The van der Waals surface area contributed by atoms with Gasteiger partial charge in [0.1, 0.15) is 0 Å². The van der Waals surface area contributed by atoms with Crippen LogP contribution in [0.2, 0.25) is 0 Å². The molecule has 72 valence electrons. The molecule has 0 fully saturated rings. The maximum Gasteiger partial charge on any atom is 0.201 e. The third-order valence-corrected chi connectivity index (χ3v) is 2.50. The van der Waals surface area contributed by atoms with E-state index >= 15 is 0 Å². The van der Waals surface area contributed by atoms with Gasteiger partial charge < -0.3 is 4.42 Å². The lowest BCUT2D eigenvalue weighted by Crippen LogP contribution is -2.17. The van der Waals surface area contributed by atoms with Gasteiger partial charge in [0.15, 0.2) is 5.76 Å². The summed E-state index contributed by atoms with van der Waals surface area (Å²) < 4.78 is 5.15. The minimum Gasteiger partial charge on any atom is -0.461 e. The van der Waals surface area contributed by atoms with Crippen LogP contribution in [0.15, 0.2) is 16.7 Å². The van der Waals surface area contributed by atoms with E-state index < -0.39 is 0 Å². The third kappa shape index (κ3) is 2.00. The number of ketones is 1. The van der Waals surface area contributed by atoms with Gasteiger partial charge in [-0.25, -0.2) is 0 Å². The van der Waals surface area contributed by atoms with Crippen molar-refractivity contribution in [3.8, 4) is 0 Å². The number of carbonyl (C=O) groups is 1. The standard InChI is InChI=1S/C11H16O2/c1-7(2)9(4)10(12)11-8(3)5-6-13-11/h5-7,9H,1-4H3. The topological polar surface area (TPSA) is 30.2 Å². The predicted octanol–water partition coefficient (Wildman–Crippen LogP) is 3.06. The highest BCUT2D eigenvalue weighted by Crippen LogP contribution is 2.19. The first-order chi connectivity index (χ1) is 6.04. The van der Waals surface area contributed by atoms with Gasteiger partial charge in [0.05, 0.1) is 6.26 Å². The van der Waals surface area contributed by atoms with Crippen molar-refractivity contribution in [2.45, 2.75) is 27.7 Å². The fraction of sp³-hybridized carbons (Fsp3) is 0.545. The molecule has 2 heteroatoms. The van der Waals surface area contributed by atoms with Crippen LogP contribution in [0.3, 0.4) is 0 Å². The lowest BCUT2D eigenvalue weighted by atomic mass is 9.91. The Hall–Kier alpha value is -1.05. The molecule has 0 aliphatic rings. The van der Waals surface area contributed by atoms with Crippen LogP contribution in [0.4, 0.5) is 0 Å². The second-order valence-electron chi connectivity index (χ2n) is 3.83. The molecule has 13 heavy (non-hydrogen) atoms. The van der Waals surface area contributed by atoms with Crippen LogP contribution in [0.25, 0.3) is 0 Å². The monoisotopic (exact) mass is 180 g/mol. The van der Waals surface area contributed by atoms with Gasteiger partial charge >= 0.3 is 0 Å². The summed E-state index contributed by atoms with van der Waals surface area (Å²) in [6, 6.07) is 1.82. The van der Waals surface area contributed by atoms with Crippen LogP contribution in [0.1, 0.15) is 36.9 Å². The zero-order valence-electron chi connectivity index (χ0n) is 8.63. The molecule has 2 nitrogen and oxygen atoms in total. The summed E-state index contributed by atoms with van der Waals surface area (Å²) in [5.74, 6) is 1.01. The van der Waals surface area contributed by atoms with Gasteiger partial charge in [0.2, 0.25) is 5.78 Å². The van der Waals surface area contributed by atoms with Crippen molar-refractivity contribution in [1.29, 1.82) is 0 Å². The van der Waals surface area contributed by atoms with E-state index in [1.54, 1.807) is 6.26 Å².